The molecule has 1 N–H and O–H groups in total. The minimum atomic E-state index is -0.0392. The van der Waals surface area contributed by atoms with E-state index in [1.165, 1.54) is 5.69 Å². The van der Waals surface area contributed by atoms with Gasteiger partial charge < -0.3 is 19.9 Å². The Hall–Kier alpha value is -2.67. The summed E-state index contributed by atoms with van der Waals surface area (Å²) >= 11 is 0. The molecule has 0 aliphatic carbocycles. The number of amides is 1. The highest BCUT2D eigenvalue weighted by Crippen LogP contribution is 2.23. The number of ether oxygens (including phenoxy) is 1. The standard InChI is InChI=1S/C22H29N5O2/c1-17(18-5-7-20(8-6-18)26-12-14-29-15-13-26)25-21(28)19-4-2-11-27(16-19)22-23-9-3-10-24-22/h3,5-10,17,19H,2,4,11-16H2,1H3,(H,25,28). The fraction of sp³-hybridized carbons (Fsp3) is 0.500. The van der Waals surface area contributed by atoms with Crippen LogP contribution in [0.5, 0.6) is 0 Å². The van der Waals surface area contributed by atoms with E-state index in [-0.39, 0.29) is 17.9 Å². The normalized spacial score (nSPS) is 20.9. The van der Waals surface area contributed by atoms with Gasteiger partial charge in [-0.2, -0.15) is 0 Å². The quantitative estimate of drug-likeness (QED) is 0.838. The van der Waals surface area contributed by atoms with Crippen LogP contribution < -0.4 is 15.1 Å². The zero-order valence-electron chi connectivity index (χ0n) is 17.0. The molecule has 2 aliphatic heterocycles. The van der Waals surface area contributed by atoms with Crippen molar-refractivity contribution in [3.05, 3.63) is 48.3 Å². The van der Waals surface area contributed by atoms with E-state index in [4.69, 9.17) is 4.74 Å². The number of carbonyl (C=O) groups excluding carboxylic acids is 1. The van der Waals surface area contributed by atoms with Crippen molar-refractivity contribution in [2.45, 2.75) is 25.8 Å². The smallest absolute Gasteiger partial charge is 0.225 e. The molecule has 0 saturated carbocycles. The molecular weight excluding hydrogens is 366 g/mol. The molecule has 29 heavy (non-hydrogen) atoms. The van der Waals surface area contributed by atoms with Crippen LogP contribution in [0.1, 0.15) is 31.4 Å². The molecule has 2 atom stereocenters. The number of rotatable bonds is 5. The summed E-state index contributed by atoms with van der Waals surface area (Å²) in [4.78, 5) is 26.0. The van der Waals surface area contributed by atoms with Crippen molar-refractivity contribution in [1.82, 2.24) is 15.3 Å². The molecule has 1 amide bonds. The van der Waals surface area contributed by atoms with E-state index in [2.05, 4.69) is 49.4 Å². The maximum absolute atomic E-state index is 12.9. The highest BCUT2D eigenvalue weighted by molar-refractivity contribution is 5.80. The predicted molar refractivity (Wildman–Crippen MR) is 113 cm³/mol. The van der Waals surface area contributed by atoms with Crippen LogP contribution in [0.2, 0.25) is 0 Å². The number of piperidine rings is 1. The van der Waals surface area contributed by atoms with E-state index in [1.54, 1.807) is 12.4 Å². The lowest BCUT2D eigenvalue weighted by molar-refractivity contribution is -0.125. The molecule has 2 aromatic rings. The average Bonchev–Trinajstić information content (AvgIpc) is 2.80. The second kappa shape index (κ2) is 9.22. The summed E-state index contributed by atoms with van der Waals surface area (Å²) < 4.78 is 5.42. The van der Waals surface area contributed by atoms with E-state index in [0.29, 0.717) is 12.5 Å². The molecule has 7 nitrogen and oxygen atoms in total. The Labute approximate surface area is 172 Å². The summed E-state index contributed by atoms with van der Waals surface area (Å²) in [7, 11) is 0. The molecule has 0 bridgehead atoms. The van der Waals surface area contributed by atoms with Crippen LogP contribution >= 0.6 is 0 Å². The summed E-state index contributed by atoms with van der Waals surface area (Å²) in [5.41, 5.74) is 2.33. The highest BCUT2D eigenvalue weighted by Gasteiger charge is 2.28. The van der Waals surface area contributed by atoms with Crippen LogP contribution in [0.4, 0.5) is 11.6 Å². The first-order chi connectivity index (χ1) is 14.2. The zero-order chi connectivity index (χ0) is 20.1. The molecule has 0 spiro atoms. The van der Waals surface area contributed by atoms with E-state index < -0.39 is 0 Å². The Morgan fingerprint density at radius 2 is 1.83 bits per heavy atom. The molecule has 1 aromatic carbocycles. The van der Waals surface area contributed by atoms with Crippen LogP contribution in [-0.2, 0) is 9.53 Å². The van der Waals surface area contributed by atoms with Gasteiger partial charge in [-0.1, -0.05) is 12.1 Å². The van der Waals surface area contributed by atoms with Crippen molar-refractivity contribution >= 4 is 17.5 Å². The molecule has 2 fully saturated rings. The molecule has 0 radical (unpaired) electrons. The summed E-state index contributed by atoms with van der Waals surface area (Å²) in [5.74, 6) is 0.773. The first kappa shape index (κ1) is 19.6. The van der Waals surface area contributed by atoms with E-state index >= 15 is 0 Å². The summed E-state index contributed by atoms with van der Waals surface area (Å²) in [6.45, 7) is 7.01. The summed E-state index contributed by atoms with van der Waals surface area (Å²) in [6.07, 6.45) is 5.36. The number of morpholine rings is 1. The Bertz CT molecular complexity index is 793. The Balaban J connectivity index is 1.34. The summed E-state index contributed by atoms with van der Waals surface area (Å²) in [5, 5.41) is 3.20. The van der Waals surface area contributed by atoms with Gasteiger partial charge in [0.05, 0.1) is 25.2 Å². The van der Waals surface area contributed by atoms with Crippen molar-refractivity contribution in [1.29, 1.82) is 0 Å². The van der Waals surface area contributed by atoms with Crippen molar-refractivity contribution in [3.63, 3.8) is 0 Å². The molecular formula is C22H29N5O2. The van der Waals surface area contributed by atoms with Gasteiger partial charge in [-0.15, -0.1) is 0 Å². The number of nitrogens with zero attached hydrogens (tertiary/aromatic N) is 4. The minimum absolute atomic E-state index is 0.0235. The Morgan fingerprint density at radius 3 is 2.55 bits per heavy atom. The van der Waals surface area contributed by atoms with Gasteiger partial charge in [0.25, 0.3) is 0 Å². The number of benzene rings is 1. The number of nitrogens with one attached hydrogen (secondary N) is 1. The first-order valence-corrected chi connectivity index (χ1v) is 10.5. The van der Waals surface area contributed by atoms with Crippen molar-refractivity contribution in [2.24, 2.45) is 5.92 Å². The summed E-state index contributed by atoms with van der Waals surface area (Å²) in [6, 6.07) is 10.3. The molecule has 3 heterocycles. The lowest BCUT2D eigenvalue weighted by atomic mass is 9.96. The molecule has 2 aliphatic rings. The molecule has 2 unspecified atom stereocenters. The zero-order valence-corrected chi connectivity index (χ0v) is 17.0. The van der Waals surface area contributed by atoms with Crippen LogP contribution in [0.15, 0.2) is 42.7 Å². The fourth-order valence-electron chi connectivity index (χ4n) is 4.04. The van der Waals surface area contributed by atoms with Gasteiger partial charge in [-0.05, 0) is 43.5 Å². The SMILES string of the molecule is CC(NC(=O)C1CCCN(c2ncccn2)C1)c1ccc(N2CCOCC2)cc1. The van der Waals surface area contributed by atoms with Gasteiger partial charge in [0.2, 0.25) is 11.9 Å². The number of hydrogen-bond acceptors (Lipinski definition) is 6. The van der Waals surface area contributed by atoms with Crippen molar-refractivity contribution in [3.8, 4) is 0 Å². The topological polar surface area (TPSA) is 70.6 Å². The molecule has 7 heteroatoms. The Kier molecular flexibility index (Phi) is 6.24. The van der Waals surface area contributed by atoms with Crippen molar-refractivity contribution in [2.75, 3.05) is 49.2 Å². The van der Waals surface area contributed by atoms with Gasteiger partial charge in [0, 0.05) is 44.3 Å². The molecule has 154 valence electrons. The molecule has 4 rings (SSSR count). The third-order valence-electron chi connectivity index (χ3n) is 5.76. The largest absolute Gasteiger partial charge is 0.378 e. The molecule has 2 saturated heterocycles. The molecule has 1 aromatic heterocycles. The monoisotopic (exact) mass is 395 g/mol. The van der Waals surface area contributed by atoms with Crippen LogP contribution in [0, 0.1) is 5.92 Å². The number of carbonyl (C=O) groups is 1. The average molecular weight is 396 g/mol. The lowest BCUT2D eigenvalue weighted by Gasteiger charge is -2.32. The third kappa shape index (κ3) is 4.85. The lowest BCUT2D eigenvalue weighted by Crippen LogP contribution is -2.44. The highest BCUT2D eigenvalue weighted by atomic mass is 16.5. The maximum atomic E-state index is 12.9. The first-order valence-electron chi connectivity index (χ1n) is 10.5. The number of anilines is 2. The predicted octanol–water partition coefficient (Wildman–Crippen LogP) is 2.41. The van der Waals surface area contributed by atoms with Crippen LogP contribution in [0.25, 0.3) is 0 Å². The van der Waals surface area contributed by atoms with Gasteiger partial charge in [0.1, 0.15) is 0 Å². The van der Waals surface area contributed by atoms with Crippen LogP contribution in [-0.4, -0.2) is 55.3 Å². The van der Waals surface area contributed by atoms with E-state index in [1.807, 2.05) is 13.0 Å². The van der Waals surface area contributed by atoms with E-state index in [0.717, 1.165) is 51.3 Å². The van der Waals surface area contributed by atoms with Gasteiger partial charge >= 0.3 is 0 Å². The second-order valence-electron chi connectivity index (χ2n) is 7.76. The Morgan fingerprint density at radius 1 is 1.10 bits per heavy atom. The van der Waals surface area contributed by atoms with Crippen LogP contribution in [0.3, 0.4) is 0 Å². The fourth-order valence-corrected chi connectivity index (χ4v) is 4.04. The van der Waals surface area contributed by atoms with Gasteiger partial charge in [-0.25, -0.2) is 9.97 Å². The third-order valence-corrected chi connectivity index (χ3v) is 5.76. The maximum Gasteiger partial charge on any atom is 0.225 e. The number of hydrogen-bond donors (Lipinski definition) is 1. The van der Waals surface area contributed by atoms with Gasteiger partial charge in [-0.3, -0.25) is 4.79 Å². The van der Waals surface area contributed by atoms with E-state index in [9.17, 15) is 4.79 Å². The minimum Gasteiger partial charge on any atom is -0.378 e. The van der Waals surface area contributed by atoms with Gasteiger partial charge in [0.15, 0.2) is 0 Å². The van der Waals surface area contributed by atoms with Crippen molar-refractivity contribution < 1.29 is 9.53 Å². The second-order valence-corrected chi connectivity index (χ2v) is 7.76. The number of aromatic nitrogens is 2.